The van der Waals surface area contributed by atoms with Gasteiger partial charge in [0.25, 0.3) is 0 Å². The van der Waals surface area contributed by atoms with E-state index in [1.165, 1.54) is 6.92 Å². The van der Waals surface area contributed by atoms with Crippen molar-refractivity contribution < 1.29 is 9.22 Å². The molecule has 0 aromatic carbocycles. The maximum atomic E-state index is 11.2. The minimum absolute atomic E-state index is 0.0611. The fourth-order valence-corrected chi connectivity index (χ4v) is 2.17. The average molecular weight is 239 g/mol. The molecule has 16 heavy (non-hydrogen) atoms. The van der Waals surface area contributed by atoms with Gasteiger partial charge in [-0.25, -0.2) is 0 Å². The maximum Gasteiger partial charge on any atom is 0.250 e. The lowest BCUT2D eigenvalue weighted by Crippen LogP contribution is -2.40. The van der Waals surface area contributed by atoms with E-state index in [-0.39, 0.29) is 16.4 Å². The lowest BCUT2D eigenvalue weighted by atomic mass is 10.2. The zero-order chi connectivity index (χ0) is 13.1. The number of nitriles is 1. The number of Topliss-reactive ketones (excluding diaryl/α,β-unsaturated/α-hetero) is 1. The van der Waals surface area contributed by atoms with E-state index in [4.69, 9.17) is 9.69 Å². The number of hydrogen-bond acceptors (Lipinski definition) is 3. The van der Waals surface area contributed by atoms with Gasteiger partial charge in [0, 0.05) is 0 Å². The predicted octanol–water partition coefficient (Wildman–Crippen LogP) is 3.39. The van der Waals surface area contributed by atoms with Crippen LogP contribution in [-0.4, -0.2) is 14.1 Å². The third kappa shape index (κ3) is 3.49. The van der Waals surface area contributed by atoms with E-state index in [0.717, 1.165) is 0 Å². The fourth-order valence-electron chi connectivity index (χ4n) is 0.992. The summed E-state index contributed by atoms with van der Waals surface area (Å²) in [7, 11) is -1.95. The van der Waals surface area contributed by atoms with Gasteiger partial charge in [-0.3, -0.25) is 4.79 Å². The van der Waals surface area contributed by atoms with Gasteiger partial charge in [-0.1, -0.05) is 20.8 Å². The molecule has 0 spiro atoms. The highest BCUT2D eigenvalue weighted by Gasteiger charge is 2.39. The van der Waals surface area contributed by atoms with E-state index in [9.17, 15) is 4.79 Å². The van der Waals surface area contributed by atoms with Crippen molar-refractivity contribution in [3.8, 4) is 6.07 Å². The Morgan fingerprint density at radius 2 is 1.69 bits per heavy atom. The molecule has 0 radical (unpaired) electrons. The number of allylic oxidation sites excluding steroid dienone is 2. The first-order chi connectivity index (χ1) is 7.03. The number of ketones is 1. The van der Waals surface area contributed by atoms with Gasteiger partial charge in [0.1, 0.15) is 11.6 Å². The standard InChI is InChI=1S/C12H21NO2Si/c1-9(14)11(8-13)10(2)15-16(6,7)12(3,4)5/h1-7H3/b11-10+. The molecule has 0 atom stereocenters. The lowest BCUT2D eigenvalue weighted by molar-refractivity contribution is -0.113. The molecule has 4 heteroatoms. The Kier molecular flexibility index (Phi) is 4.51. The van der Waals surface area contributed by atoms with Crippen LogP contribution in [-0.2, 0) is 9.22 Å². The topological polar surface area (TPSA) is 50.1 Å². The van der Waals surface area contributed by atoms with Gasteiger partial charge in [0.2, 0.25) is 8.32 Å². The summed E-state index contributed by atoms with van der Waals surface area (Å²) < 4.78 is 5.89. The van der Waals surface area contributed by atoms with E-state index in [1.807, 2.05) is 6.07 Å². The van der Waals surface area contributed by atoms with Crippen LogP contribution >= 0.6 is 0 Å². The molecule has 0 aromatic rings. The van der Waals surface area contributed by atoms with Gasteiger partial charge in [-0.05, 0) is 32.0 Å². The van der Waals surface area contributed by atoms with Gasteiger partial charge in [0.05, 0.1) is 5.76 Å². The molecule has 0 heterocycles. The van der Waals surface area contributed by atoms with Crippen molar-refractivity contribution in [1.82, 2.24) is 0 Å². The summed E-state index contributed by atoms with van der Waals surface area (Å²) in [6.07, 6.45) is 0. The molecule has 0 saturated heterocycles. The monoisotopic (exact) mass is 239 g/mol. The molecule has 3 nitrogen and oxygen atoms in total. The summed E-state index contributed by atoms with van der Waals surface area (Å²) in [6.45, 7) is 13.6. The zero-order valence-electron chi connectivity index (χ0n) is 11.3. The quantitative estimate of drug-likeness (QED) is 0.328. The maximum absolute atomic E-state index is 11.2. The van der Waals surface area contributed by atoms with E-state index >= 15 is 0 Å². The van der Waals surface area contributed by atoms with Gasteiger partial charge >= 0.3 is 0 Å². The van der Waals surface area contributed by atoms with E-state index in [0.29, 0.717) is 5.76 Å². The average Bonchev–Trinajstić information content (AvgIpc) is 2.00. The molecule has 0 aromatic heterocycles. The molecule has 0 aliphatic rings. The summed E-state index contributed by atoms with van der Waals surface area (Å²) in [5, 5.41) is 8.93. The molecule has 0 aliphatic carbocycles. The molecule has 0 aliphatic heterocycles. The number of rotatable bonds is 3. The Balaban J connectivity index is 5.16. The van der Waals surface area contributed by atoms with Crippen LogP contribution in [0.1, 0.15) is 34.6 Å². The largest absolute Gasteiger partial charge is 0.546 e. The summed E-state index contributed by atoms with van der Waals surface area (Å²) >= 11 is 0. The molecule has 0 saturated carbocycles. The van der Waals surface area contributed by atoms with Crippen LogP contribution in [0.2, 0.25) is 18.1 Å². The molecule has 0 bridgehead atoms. The third-order valence-corrected chi connectivity index (χ3v) is 7.46. The Labute approximate surface area is 99.2 Å². The summed E-state index contributed by atoms with van der Waals surface area (Å²) in [5.41, 5.74) is 0.129. The number of nitrogens with zero attached hydrogens (tertiary/aromatic N) is 1. The summed E-state index contributed by atoms with van der Waals surface area (Å²) in [4.78, 5) is 11.2. The van der Waals surface area contributed by atoms with Gasteiger partial charge in [0.15, 0.2) is 5.78 Å². The Morgan fingerprint density at radius 1 is 1.25 bits per heavy atom. The second kappa shape index (κ2) is 4.83. The molecule has 0 fully saturated rings. The Morgan fingerprint density at radius 3 is 1.94 bits per heavy atom. The minimum atomic E-state index is -1.95. The van der Waals surface area contributed by atoms with Crippen molar-refractivity contribution in [3.05, 3.63) is 11.3 Å². The first kappa shape index (κ1) is 14.9. The van der Waals surface area contributed by atoms with Gasteiger partial charge in [-0.2, -0.15) is 5.26 Å². The number of carbonyl (C=O) groups excluding carboxylic acids is 1. The van der Waals surface area contributed by atoms with Crippen molar-refractivity contribution >= 4 is 14.1 Å². The van der Waals surface area contributed by atoms with Crippen LogP contribution in [0.4, 0.5) is 0 Å². The van der Waals surface area contributed by atoms with Gasteiger partial charge < -0.3 is 4.43 Å². The first-order valence-corrected chi connectivity index (χ1v) is 8.24. The lowest BCUT2D eigenvalue weighted by Gasteiger charge is -2.36. The highest BCUT2D eigenvalue weighted by atomic mass is 28.4. The second-order valence-electron chi connectivity index (χ2n) is 5.46. The molecule has 90 valence electrons. The fraction of sp³-hybridized carbons (Fsp3) is 0.667. The van der Waals surface area contributed by atoms with Crippen molar-refractivity contribution in [2.24, 2.45) is 0 Å². The molecule has 0 amide bonds. The van der Waals surface area contributed by atoms with Crippen LogP contribution in [0, 0.1) is 11.3 Å². The Hall–Kier alpha value is -1.08. The zero-order valence-corrected chi connectivity index (χ0v) is 12.3. The Bertz CT molecular complexity index is 356. The second-order valence-corrected chi connectivity index (χ2v) is 10.2. The van der Waals surface area contributed by atoms with Crippen LogP contribution in [0.25, 0.3) is 0 Å². The van der Waals surface area contributed by atoms with Crippen LogP contribution in [0.5, 0.6) is 0 Å². The van der Waals surface area contributed by atoms with Crippen LogP contribution < -0.4 is 0 Å². The van der Waals surface area contributed by atoms with E-state index in [2.05, 4.69) is 33.9 Å². The molecular weight excluding hydrogens is 218 g/mol. The van der Waals surface area contributed by atoms with Gasteiger partial charge in [-0.15, -0.1) is 0 Å². The van der Waals surface area contributed by atoms with Crippen molar-refractivity contribution in [3.63, 3.8) is 0 Å². The smallest absolute Gasteiger partial charge is 0.250 e. The highest BCUT2D eigenvalue weighted by Crippen LogP contribution is 2.38. The molecule has 0 rings (SSSR count). The third-order valence-electron chi connectivity index (χ3n) is 3.03. The van der Waals surface area contributed by atoms with Crippen molar-refractivity contribution in [1.29, 1.82) is 5.26 Å². The van der Waals surface area contributed by atoms with E-state index in [1.54, 1.807) is 6.92 Å². The van der Waals surface area contributed by atoms with Crippen LogP contribution in [0.15, 0.2) is 11.3 Å². The predicted molar refractivity (Wildman–Crippen MR) is 67.3 cm³/mol. The number of hydrogen-bond donors (Lipinski definition) is 0. The van der Waals surface area contributed by atoms with E-state index < -0.39 is 8.32 Å². The molecule has 0 unspecified atom stereocenters. The van der Waals surface area contributed by atoms with Crippen LogP contribution in [0.3, 0.4) is 0 Å². The first-order valence-electron chi connectivity index (χ1n) is 5.34. The normalized spacial score (nSPS) is 13.9. The molecular formula is C12H21NO2Si. The molecule has 0 N–H and O–H groups in total. The summed E-state index contributed by atoms with van der Waals surface area (Å²) in [6, 6.07) is 1.90. The van der Waals surface area contributed by atoms with Crippen molar-refractivity contribution in [2.75, 3.05) is 0 Å². The number of carbonyl (C=O) groups is 1. The minimum Gasteiger partial charge on any atom is -0.546 e. The summed E-state index contributed by atoms with van der Waals surface area (Å²) in [5.74, 6) is 0.223. The highest BCUT2D eigenvalue weighted by molar-refractivity contribution is 6.74. The van der Waals surface area contributed by atoms with Crippen molar-refractivity contribution in [2.45, 2.75) is 52.8 Å². The SMILES string of the molecule is CC(=O)/C(C#N)=C(\C)O[Si](C)(C)C(C)(C)C.